The molecule has 0 aromatic heterocycles. The third kappa shape index (κ3) is 5.99. The Morgan fingerprint density at radius 3 is 2.44 bits per heavy atom. The maximum absolute atomic E-state index is 14.2. The van der Waals surface area contributed by atoms with Gasteiger partial charge in [0.15, 0.2) is 0 Å². The first kappa shape index (κ1) is 26.0. The van der Waals surface area contributed by atoms with Crippen LogP contribution in [0.2, 0.25) is 5.02 Å². The molecule has 2 aromatic rings. The van der Waals surface area contributed by atoms with Crippen molar-refractivity contribution < 1.29 is 28.6 Å². The molecule has 0 bridgehead atoms. The number of rotatable bonds is 5. The van der Waals surface area contributed by atoms with Crippen molar-refractivity contribution in [2.75, 3.05) is 26.4 Å². The van der Waals surface area contributed by atoms with Crippen LogP contribution in [0.5, 0.6) is 0 Å². The Hall–Kier alpha value is -3.10. The maximum Gasteiger partial charge on any atom is 0.417 e. The molecule has 2 aliphatic rings. The fourth-order valence-corrected chi connectivity index (χ4v) is 4.69. The molecular formula is C27H31ClN2O6. The van der Waals surface area contributed by atoms with E-state index < -0.39 is 41.7 Å². The minimum absolute atomic E-state index is 0.101. The second-order valence-corrected chi connectivity index (χ2v) is 10.4. The van der Waals surface area contributed by atoms with Gasteiger partial charge in [-0.2, -0.15) is 0 Å². The number of benzene rings is 2. The van der Waals surface area contributed by atoms with Gasteiger partial charge in [-0.05, 0) is 50.5 Å². The highest BCUT2D eigenvalue weighted by molar-refractivity contribution is 6.30. The van der Waals surface area contributed by atoms with Gasteiger partial charge < -0.3 is 14.2 Å². The number of imide groups is 1. The Morgan fingerprint density at radius 2 is 1.78 bits per heavy atom. The Balaban J connectivity index is 1.69. The van der Waals surface area contributed by atoms with Crippen molar-refractivity contribution >= 4 is 29.7 Å². The second-order valence-electron chi connectivity index (χ2n) is 9.97. The normalized spacial score (nSPS) is 21.2. The highest BCUT2D eigenvalue weighted by Crippen LogP contribution is 2.33. The van der Waals surface area contributed by atoms with Gasteiger partial charge in [-0.15, -0.1) is 0 Å². The molecule has 0 N–H and O–H groups in total. The second kappa shape index (κ2) is 10.9. The van der Waals surface area contributed by atoms with Gasteiger partial charge in [0, 0.05) is 11.6 Å². The number of hydrogen-bond acceptors (Lipinski definition) is 6. The first-order valence-electron chi connectivity index (χ1n) is 12.0. The molecule has 2 aromatic carbocycles. The molecule has 3 atom stereocenters. The van der Waals surface area contributed by atoms with Gasteiger partial charge in [-0.1, -0.05) is 54.1 Å². The summed E-state index contributed by atoms with van der Waals surface area (Å²) in [6, 6.07) is 15.3. The first-order chi connectivity index (χ1) is 17.1. The standard InChI is InChI=1S/C27H31ClN2O6/c1-27(2,3)36-25(32)29-13-14-34-17-22(29)23(19-9-11-20(28)12-10-19)24(31)30-21(16-35-26(30)33)15-18-7-5-4-6-8-18/h4-12,21-23H,13-17H2,1-3H3. The van der Waals surface area contributed by atoms with E-state index in [2.05, 4.69) is 0 Å². The fraction of sp³-hybridized carbons (Fsp3) is 0.444. The van der Waals surface area contributed by atoms with Crippen LogP contribution in [0.4, 0.5) is 9.59 Å². The van der Waals surface area contributed by atoms with Crippen LogP contribution in [0.25, 0.3) is 0 Å². The molecule has 8 nitrogen and oxygen atoms in total. The minimum atomic E-state index is -0.890. The number of ether oxygens (including phenoxy) is 3. The molecule has 2 heterocycles. The van der Waals surface area contributed by atoms with Gasteiger partial charge in [0.25, 0.3) is 0 Å². The van der Waals surface area contributed by atoms with Crippen LogP contribution in [-0.2, 0) is 25.4 Å². The number of nitrogens with zero attached hydrogens (tertiary/aromatic N) is 2. The van der Waals surface area contributed by atoms with Crippen LogP contribution in [0.1, 0.15) is 37.8 Å². The van der Waals surface area contributed by atoms with E-state index in [1.165, 1.54) is 9.80 Å². The average molecular weight is 515 g/mol. The number of halogens is 1. The molecule has 3 amide bonds. The van der Waals surface area contributed by atoms with Crippen molar-refractivity contribution in [1.82, 2.24) is 9.80 Å². The van der Waals surface area contributed by atoms with Crippen molar-refractivity contribution in [1.29, 1.82) is 0 Å². The molecule has 2 saturated heterocycles. The highest BCUT2D eigenvalue weighted by Gasteiger charge is 2.47. The Labute approximate surface area is 216 Å². The number of carbonyl (C=O) groups excluding carboxylic acids is 3. The first-order valence-corrected chi connectivity index (χ1v) is 12.4. The minimum Gasteiger partial charge on any atom is -0.447 e. The van der Waals surface area contributed by atoms with Crippen LogP contribution < -0.4 is 0 Å². The van der Waals surface area contributed by atoms with Crippen LogP contribution in [-0.4, -0.2) is 71.9 Å². The van der Waals surface area contributed by atoms with E-state index in [0.29, 0.717) is 23.6 Å². The van der Waals surface area contributed by atoms with Crippen molar-refractivity contribution in [3.8, 4) is 0 Å². The topological polar surface area (TPSA) is 85.4 Å². The zero-order valence-corrected chi connectivity index (χ0v) is 21.4. The lowest BCUT2D eigenvalue weighted by atomic mass is 9.88. The molecule has 3 unspecified atom stereocenters. The van der Waals surface area contributed by atoms with E-state index in [9.17, 15) is 14.4 Å². The van der Waals surface area contributed by atoms with Crippen molar-refractivity contribution in [3.63, 3.8) is 0 Å². The molecule has 4 rings (SSSR count). The summed E-state index contributed by atoms with van der Waals surface area (Å²) in [5.41, 5.74) is 0.892. The lowest BCUT2D eigenvalue weighted by Crippen LogP contribution is -2.56. The van der Waals surface area contributed by atoms with Gasteiger partial charge in [0.05, 0.1) is 31.2 Å². The molecule has 0 saturated carbocycles. The van der Waals surface area contributed by atoms with Gasteiger partial charge >= 0.3 is 12.2 Å². The summed E-state index contributed by atoms with van der Waals surface area (Å²) in [6.45, 7) is 6.16. The van der Waals surface area contributed by atoms with E-state index in [0.717, 1.165) is 5.56 Å². The molecule has 0 aliphatic carbocycles. The molecule has 0 radical (unpaired) electrons. The number of hydrogen-bond donors (Lipinski definition) is 0. The lowest BCUT2D eigenvalue weighted by Gasteiger charge is -2.41. The largest absolute Gasteiger partial charge is 0.447 e. The molecule has 36 heavy (non-hydrogen) atoms. The monoisotopic (exact) mass is 514 g/mol. The van der Waals surface area contributed by atoms with Crippen LogP contribution in [0.3, 0.4) is 0 Å². The van der Waals surface area contributed by atoms with Crippen LogP contribution >= 0.6 is 11.6 Å². The zero-order valence-electron chi connectivity index (χ0n) is 20.7. The predicted molar refractivity (Wildman–Crippen MR) is 134 cm³/mol. The zero-order chi connectivity index (χ0) is 25.9. The Morgan fingerprint density at radius 1 is 1.08 bits per heavy atom. The molecule has 2 fully saturated rings. The molecule has 192 valence electrons. The smallest absolute Gasteiger partial charge is 0.417 e. The van der Waals surface area contributed by atoms with Crippen LogP contribution in [0, 0.1) is 0 Å². The molecule has 2 aliphatic heterocycles. The van der Waals surface area contributed by atoms with E-state index in [-0.39, 0.29) is 19.8 Å². The van der Waals surface area contributed by atoms with Gasteiger partial charge in [-0.3, -0.25) is 9.69 Å². The quantitative estimate of drug-likeness (QED) is 0.577. The summed E-state index contributed by atoms with van der Waals surface area (Å²) >= 11 is 6.12. The molecule has 0 spiro atoms. The van der Waals surface area contributed by atoms with E-state index in [4.69, 9.17) is 25.8 Å². The number of cyclic esters (lactones) is 1. The average Bonchev–Trinajstić information content (AvgIpc) is 3.20. The van der Waals surface area contributed by atoms with Gasteiger partial charge in [0.2, 0.25) is 5.91 Å². The summed E-state index contributed by atoms with van der Waals surface area (Å²) in [6.07, 6.45) is -0.768. The highest BCUT2D eigenvalue weighted by atomic mass is 35.5. The summed E-state index contributed by atoms with van der Waals surface area (Å²) in [5, 5.41) is 0.511. The predicted octanol–water partition coefficient (Wildman–Crippen LogP) is 4.65. The molecule has 9 heteroatoms. The summed E-state index contributed by atoms with van der Waals surface area (Å²) in [7, 11) is 0. The number of amides is 3. The molecular weight excluding hydrogens is 484 g/mol. The van der Waals surface area contributed by atoms with Crippen molar-refractivity contribution in [2.24, 2.45) is 0 Å². The fourth-order valence-electron chi connectivity index (χ4n) is 4.56. The summed E-state index contributed by atoms with van der Waals surface area (Å²) in [4.78, 5) is 42.8. The summed E-state index contributed by atoms with van der Waals surface area (Å²) in [5.74, 6) is -1.34. The van der Waals surface area contributed by atoms with E-state index in [1.807, 2.05) is 30.3 Å². The number of morpholine rings is 1. The Bertz CT molecular complexity index is 1090. The van der Waals surface area contributed by atoms with Gasteiger partial charge in [-0.25, -0.2) is 14.5 Å². The number of carbonyl (C=O) groups is 3. The Kier molecular flexibility index (Phi) is 7.85. The third-order valence-electron chi connectivity index (χ3n) is 6.19. The van der Waals surface area contributed by atoms with E-state index in [1.54, 1.807) is 45.0 Å². The van der Waals surface area contributed by atoms with Gasteiger partial charge in [0.1, 0.15) is 12.2 Å². The van der Waals surface area contributed by atoms with Crippen molar-refractivity contribution in [3.05, 3.63) is 70.7 Å². The van der Waals surface area contributed by atoms with Crippen LogP contribution in [0.15, 0.2) is 54.6 Å². The van der Waals surface area contributed by atoms with Crippen molar-refractivity contribution in [2.45, 2.75) is 50.8 Å². The summed E-state index contributed by atoms with van der Waals surface area (Å²) < 4.78 is 16.7. The lowest BCUT2D eigenvalue weighted by molar-refractivity contribution is -0.134. The van der Waals surface area contributed by atoms with E-state index >= 15 is 0 Å². The third-order valence-corrected chi connectivity index (χ3v) is 6.44. The maximum atomic E-state index is 14.2. The SMILES string of the molecule is CC(C)(C)OC(=O)N1CCOCC1C(C(=O)N1C(=O)OCC1Cc1ccccc1)c1ccc(Cl)cc1.